The highest BCUT2D eigenvalue weighted by Gasteiger charge is 2.66. The van der Waals surface area contributed by atoms with Gasteiger partial charge in [0.2, 0.25) is 5.82 Å². The molecule has 2 N–H and O–H groups in total. The lowest BCUT2D eigenvalue weighted by atomic mass is 9.77. The van der Waals surface area contributed by atoms with Crippen molar-refractivity contribution < 1.29 is 41.0 Å². The van der Waals surface area contributed by atoms with E-state index in [9.17, 15) is 31.5 Å². The quantitative estimate of drug-likeness (QED) is 0.549. The number of carbonyl (C=O) groups is 2. The lowest BCUT2D eigenvalue weighted by Gasteiger charge is -2.32. The van der Waals surface area contributed by atoms with Crippen LogP contribution in [0.15, 0.2) is 30.5 Å². The molecule has 0 radical (unpaired) electrons. The first-order valence-corrected chi connectivity index (χ1v) is 12.4. The summed E-state index contributed by atoms with van der Waals surface area (Å²) in [7, 11) is 1.05. The van der Waals surface area contributed by atoms with Gasteiger partial charge in [-0.15, -0.1) is 0 Å². The van der Waals surface area contributed by atoms with Crippen molar-refractivity contribution in [1.82, 2.24) is 15.2 Å². The standard InChI is InChI=1S/C26H27F5N4O4/c1-12-19(16-4-5-17(27)20(28)21(16)38-3)22(39-25(12,2)26(29,30)31)23(36)34-13-6-7-32-18(9-13)24(37)35-11-14-8-15(35)10-33-14/h4-7,9,12,14-15,19,22,33H,8,10-11H2,1-3H3,(H,32,34,36)/t12-,14-,15-,19-,22+,25+/m0/s1. The van der Waals surface area contributed by atoms with Crippen LogP contribution in [0.3, 0.4) is 0 Å². The lowest BCUT2D eigenvalue weighted by molar-refractivity contribution is -0.272. The molecular formula is C26H27F5N4O4. The molecule has 5 rings (SSSR count). The fourth-order valence-corrected chi connectivity index (χ4v) is 5.84. The number of carbonyl (C=O) groups excluding carboxylic acids is 2. The van der Waals surface area contributed by atoms with Crippen LogP contribution < -0.4 is 15.4 Å². The van der Waals surface area contributed by atoms with Crippen molar-refractivity contribution in [1.29, 1.82) is 0 Å². The van der Waals surface area contributed by atoms with Gasteiger partial charge in [0.1, 0.15) is 11.8 Å². The van der Waals surface area contributed by atoms with Crippen LogP contribution >= 0.6 is 0 Å². The van der Waals surface area contributed by atoms with Crippen LogP contribution in [0.2, 0.25) is 0 Å². The minimum atomic E-state index is -4.88. The van der Waals surface area contributed by atoms with E-state index in [2.05, 4.69) is 15.6 Å². The number of likely N-dealkylation sites (tertiary alicyclic amines) is 1. The maximum Gasteiger partial charge on any atom is 0.417 e. The van der Waals surface area contributed by atoms with Gasteiger partial charge in [-0.05, 0) is 31.5 Å². The van der Waals surface area contributed by atoms with E-state index in [-0.39, 0.29) is 34.9 Å². The molecule has 210 valence electrons. The molecule has 39 heavy (non-hydrogen) atoms. The van der Waals surface area contributed by atoms with Crippen LogP contribution in [-0.4, -0.2) is 71.9 Å². The van der Waals surface area contributed by atoms with Gasteiger partial charge in [-0.2, -0.15) is 17.6 Å². The first-order valence-electron chi connectivity index (χ1n) is 12.4. The number of anilines is 1. The van der Waals surface area contributed by atoms with Gasteiger partial charge in [0, 0.05) is 54.5 Å². The van der Waals surface area contributed by atoms with Crippen LogP contribution in [-0.2, 0) is 9.53 Å². The van der Waals surface area contributed by atoms with Gasteiger partial charge in [0.15, 0.2) is 17.2 Å². The summed E-state index contributed by atoms with van der Waals surface area (Å²) in [6.45, 7) is 3.25. The molecule has 2 bridgehead atoms. The third-order valence-electron chi connectivity index (χ3n) is 8.13. The Morgan fingerprint density at radius 2 is 2.00 bits per heavy atom. The SMILES string of the molecule is COc1c([C@H]2[C@H](C(=O)Nc3ccnc(C(=O)N4C[C@@H]5C[C@H]4CN5)c3)O[C@@](C)(C(F)(F)F)[C@H]2C)ccc(F)c1F. The second kappa shape index (κ2) is 9.70. The number of amides is 2. The van der Waals surface area contributed by atoms with Gasteiger partial charge in [-0.1, -0.05) is 13.0 Å². The summed E-state index contributed by atoms with van der Waals surface area (Å²) >= 11 is 0. The Kier molecular flexibility index (Phi) is 6.78. The molecule has 3 aliphatic rings. The van der Waals surface area contributed by atoms with E-state index in [1.54, 1.807) is 4.90 Å². The molecule has 0 aliphatic carbocycles. The zero-order chi connectivity index (χ0) is 28.3. The first kappa shape index (κ1) is 27.3. The van der Waals surface area contributed by atoms with E-state index >= 15 is 0 Å². The van der Waals surface area contributed by atoms with Crippen molar-refractivity contribution in [2.45, 2.75) is 56.2 Å². The summed E-state index contributed by atoms with van der Waals surface area (Å²) in [6, 6.07) is 4.85. The van der Waals surface area contributed by atoms with Crippen LogP contribution in [0.5, 0.6) is 5.75 Å². The summed E-state index contributed by atoms with van der Waals surface area (Å²) in [6.07, 6.45) is -4.49. The minimum Gasteiger partial charge on any atom is -0.493 e. The van der Waals surface area contributed by atoms with E-state index in [0.29, 0.717) is 13.1 Å². The molecule has 3 fully saturated rings. The number of aromatic nitrogens is 1. The number of hydrogen-bond donors (Lipinski definition) is 2. The maximum atomic E-state index is 14.5. The topological polar surface area (TPSA) is 92.8 Å². The molecular weight excluding hydrogens is 527 g/mol. The van der Waals surface area contributed by atoms with Crippen molar-refractivity contribution in [3.05, 3.63) is 53.4 Å². The highest BCUT2D eigenvalue weighted by Crippen LogP contribution is 2.55. The molecule has 0 spiro atoms. The van der Waals surface area contributed by atoms with Gasteiger partial charge >= 0.3 is 6.18 Å². The highest BCUT2D eigenvalue weighted by atomic mass is 19.4. The second-order valence-electron chi connectivity index (χ2n) is 10.3. The average Bonchev–Trinajstić information content (AvgIpc) is 3.59. The molecule has 4 heterocycles. The number of piperazine rings is 1. The Labute approximate surface area is 220 Å². The number of methoxy groups -OCH3 is 1. The largest absolute Gasteiger partial charge is 0.493 e. The van der Waals surface area contributed by atoms with Gasteiger partial charge in [-0.3, -0.25) is 14.6 Å². The fourth-order valence-electron chi connectivity index (χ4n) is 5.84. The van der Waals surface area contributed by atoms with Crippen LogP contribution in [0.4, 0.5) is 27.6 Å². The van der Waals surface area contributed by atoms with Crippen molar-refractivity contribution in [3.63, 3.8) is 0 Å². The number of rotatable bonds is 5. The predicted octanol–water partition coefficient (Wildman–Crippen LogP) is 3.63. The fraction of sp³-hybridized carbons (Fsp3) is 0.500. The third kappa shape index (κ3) is 4.50. The van der Waals surface area contributed by atoms with E-state index in [1.165, 1.54) is 25.3 Å². The zero-order valence-corrected chi connectivity index (χ0v) is 21.3. The van der Waals surface area contributed by atoms with E-state index in [4.69, 9.17) is 9.47 Å². The molecule has 1 aromatic carbocycles. The second-order valence-corrected chi connectivity index (χ2v) is 10.3. The molecule has 3 saturated heterocycles. The summed E-state index contributed by atoms with van der Waals surface area (Å²) < 4.78 is 81.3. The number of fused-ring (bicyclic) bond motifs is 2. The summed E-state index contributed by atoms with van der Waals surface area (Å²) in [5.74, 6) is -7.26. The monoisotopic (exact) mass is 554 g/mol. The van der Waals surface area contributed by atoms with Gasteiger partial charge < -0.3 is 25.0 Å². The number of halogens is 5. The Balaban J connectivity index is 1.45. The molecule has 8 nitrogen and oxygen atoms in total. The van der Waals surface area contributed by atoms with Gasteiger partial charge in [-0.25, -0.2) is 4.39 Å². The Bertz CT molecular complexity index is 1310. The molecule has 0 saturated carbocycles. The smallest absolute Gasteiger partial charge is 0.417 e. The molecule has 2 aromatic rings. The number of benzene rings is 1. The lowest BCUT2D eigenvalue weighted by Crippen LogP contribution is -2.47. The molecule has 1 aromatic heterocycles. The first-order chi connectivity index (χ1) is 18.4. The third-order valence-corrected chi connectivity index (χ3v) is 8.13. The number of pyridine rings is 1. The van der Waals surface area contributed by atoms with Crippen LogP contribution in [0.25, 0.3) is 0 Å². The van der Waals surface area contributed by atoms with Gasteiger partial charge in [0.25, 0.3) is 11.8 Å². The van der Waals surface area contributed by atoms with Crippen LogP contribution in [0, 0.1) is 17.6 Å². The van der Waals surface area contributed by atoms with Crippen molar-refractivity contribution >= 4 is 17.5 Å². The number of nitrogens with one attached hydrogen (secondary N) is 2. The normalized spacial score (nSPS) is 30.1. The van der Waals surface area contributed by atoms with Gasteiger partial charge in [0.05, 0.1) is 7.11 Å². The summed E-state index contributed by atoms with van der Waals surface area (Å²) in [5, 5.41) is 5.81. The summed E-state index contributed by atoms with van der Waals surface area (Å²) in [4.78, 5) is 32.3. The minimum absolute atomic E-state index is 0.0443. The maximum absolute atomic E-state index is 14.5. The van der Waals surface area contributed by atoms with Crippen molar-refractivity contribution in [2.75, 3.05) is 25.5 Å². The van der Waals surface area contributed by atoms with E-state index < -0.39 is 53.0 Å². The van der Waals surface area contributed by atoms with E-state index in [1.807, 2.05) is 0 Å². The summed E-state index contributed by atoms with van der Waals surface area (Å²) in [5.41, 5.74) is -2.73. The van der Waals surface area contributed by atoms with Crippen molar-refractivity contribution in [3.8, 4) is 5.75 Å². The number of hydrogen-bond acceptors (Lipinski definition) is 6. The zero-order valence-electron chi connectivity index (χ0n) is 21.3. The molecule has 3 aliphatic heterocycles. The number of nitrogens with zero attached hydrogens (tertiary/aromatic N) is 2. The molecule has 0 unspecified atom stereocenters. The van der Waals surface area contributed by atoms with E-state index in [0.717, 1.165) is 32.6 Å². The Morgan fingerprint density at radius 1 is 1.26 bits per heavy atom. The van der Waals surface area contributed by atoms with Crippen LogP contribution in [0.1, 0.15) is 42.2 Å². The molecule has 6 atom stereocenters. The highest BCUT2D eigenvalue weighted by molar-refractivity contribution is 5.98. The molecule has 13 heteroatoms. The number of alkyl halides is 3. The Morgan fingerprint density at radius 3 is 2.62 bits per heavy atom. The Hall–Kier alpha value is -3.32. The predicted molar refractivity (Wildman–Crippen MR) is 128 cm³/mol. The average molecular weight is 555 g/mol. The molecule has 2 amide bonds. The number of ether oxygens (including phenoxy) is 2. The van der Waals surface area contributed by atoms with Crippen molar-refractivity contribution in [2.24, 2.45) is 5.92 Å².